The van der Waals surface area contributed by atoms with Crippen LogP contribution in [0.15, 0.2) is 12.2 Å². The zero-order valence-corrected chi connectivity index (χ0v) is 8.96. The van der Waals surface area contributed by atoms with E-state index in [9.17, 15) is 0 Å². The van der Waals surface area contributed by atoms with Crippen molar-refractivity contribution in [2.75, 3.05) is 0 Å². The van der Waals surface area contributed by atoms with Crippen molar-refractivity contribution >= 4 is 0 Å². The third kappa shape index (κ3) is 4.47. The first-order chi connectivity index (χ1) is 6.38. The van der Waals surface area contributed by atoms with E-state index in [0.29, 0.717) is 12.2 Å². The number of hydrogen-bond acceptors (Lipinski definition) is 1. The monoisotopic (exact) mass is 182 g/mol. The van der Waals surface area contributed by atoms with E-state index < -0.39 is 0 Å². The van der Waals surface area contributed by atoms with Crippen molar-refractivity contribution in [1.29, 1.82) is 0 Å². The molecule has 13 heavy (non-hydrogen) atoms. The second-order valence-electron chi connectivity index (χ2n) is 3.85. The molecule has 0 saturated carbocycles. The predicted molar refractivity (Wildman–Crippen MR) is 56.9 cm³/mol. The summed E-state index contributed by atoms with van der Waals surface area (Å²) in [6.45, 7) is 4.46. The van der Waals surface area contributed by atoms with E-state index in [1.807, 2.05) is 0 Å². The Bertz CT molecular complexity index is 151. The summed E-state index contributed by atoms with van der Waals surface area (Å²) in [5, 5.41) is 0. The number of epoxide rings is 1. The van der Waals surface area contributed by atoms with Gasteiger partial charge in [0.25, 0.3) is 0 Å². The molecule has 0 aliphatic carbocycles. The maximum absolute atomic E-state index is 5.51. The van der Waals surface area contributed by atoms with Gasteiger partial charge in [0.1, 0.15) is 6.10 Å². The fourth-order valence-electron chi connectivity index (χ4n) is 1.52. The lowest BCUT2D eigenvalue weighted by Gasteiger charge is -1.89. The van der Waals surface area contributed by atoms with Crippen molar-refractivity contribution in [1.82, 2.24) is 0 Å². The SMILES string of the molecule is CCCC/C=C/[C@H]1O[C@@H]1CCCC. The van der Waals surface area contributed by atoms with Crippen LogP contribution in [-0.4, -0.2) is 12.2 Å². The standard InChI is InChI=1S/C12H22O/c1-3-5-7-8-10-12-11(13-12)9-6-4-2/h8,10-12H,3-7,9H2,1-2H3/b10-8+/t11-,12-/m1/s1. The molecule has 0 aromatic rings. The van der Waals surface area contributed by atoms with Crippen LogP contribution in [0.5, 0.6) is 0 Å². The molecule has 1 fully saturated rings. The van der Waals surface area contributed by atoms with Crippen molar-refractivity contribution in [3.05, 3.63) is 12.2 Å². The number of rotatable bonds is 7. The summed E-state index contributed by atoms with van der Waals surface area (Å²) >= 11 is 0. The smallest absolute Gasteiger partial charge is 0.102 e. The zero-order valence-electron chi connectivity index (χ0n) is 8.96. The lowest BCUT2D eigenvalue weighted by molar-refractivity contribution is 0.375. The molecule has 0 radical (unpaired) electrons. The van der Waals surface area contributed by atoms with E-state index >= 15 is 0 Å². The molecule has 0 spiro atoms. The summed E-state index contributed by atoms with van der Waals surface area (Å²) in [4.78, 5) is 0. The summed E-state index contributed by atoms with van der Waals surface area (Å²) in [5.74, 6) is 0. The van der Waals surface area contributed by atoms with Gasteiger partial charge in [-0.25, -0.2) is 0 Å². The van der Waals surface area contributed by atoms with Gasteiger partial charge in [-0.15, -0.1) is 0 Å². The van der Waals surface area contributed by atoms with Crippen LogP contribution in [-0.2, 0) is 4.74 Å². The van der Waals surface area contributed by atoms with Gasteiger partial charge in [-0.2, -0.15) is 0 Å². The van der Waals surface area contributed by atoms with Gasteiger partial charge >= 0.3 is 0 Å². The van der Waals surface area contributed by atoms with Gasteiger partial charge in [-0.05, 0) is 12.8 Å². The predicted octanol–water partition coefficient (Wildman–Crippen LogP) is 3.69. The molecule has 0 bridgehead atoms. The first kappa shape index (κ1) is 10.8. The van der Waals surface area contributed by atoms with E-state index in [0.717, 1.165) is 0 Å². The van der Waals surface area contributed by atoms with E-state index in [4.69, 9.17) is 4.74 Å². The van der Waals surface area contributed by atoms with Crippen LogP contribution in [0.25, 0.3) is 0 Å². The minimum atomic E-state index is 0.461. The molecular formula is C12H22O. The van der Waals surface area contributed by atoms with Crippen LogP contribution < -0.4 is 0 Å². The molecule has 1 aliphatic rings. The van der Waals surface area contributed by atoms with Crippen molar-refractivity contribution < 1.29 is 4.74 Å². The van der Waals surface area contributed by atoms with Gasteiger partial charge in [0.15, 0.2) is 0 Å². The molecule has 1 rings (SSSR count). The largest absolute Gasteiger partial charge is 0.365 e. The van der Waals surface area contributed by atoms with Crippen LogP contribution in [0, 0.1) is 0 Å². The average molecular weight is 182 g/mol. The Balaban J connectivity index is 1.96. The quantitative estimate of drug-likeness (QED) is 0.332. The summed E-state index contributed by atoms with van der Waals surface area (Å²) in [6, 6.07) is 0. The Morgan fingerprint density at radius 3 is 2.62 bits per heavy atom. The highest BCUT2D eigenvalue weighted by atomic mass is 16.6. The molecule has 1 nitrogen and oxygen atoms in total. The zero-order chi connectivity index (χ0) is 9.52. The molecular weight excluding hydrogens is 160 g/mol. The summed E-state index contributed by atoms with van der Waals surface area (Å²) < 4.78 is 5.51. The molecule has 1 aliphatic heterocycles. The molecule has 1 heteroatoms. The maximum Gasteiger partial charge on any atom is 0.102 e. The molecule has 76 valence electrons. The number of allylic oxidation sites excluding steroid dienone is 1. The van der Waals surface area contributed by atoms with Crippen molar-refractivity contribution in [2.45, 2.75) is 64.6 Å². The summed E-state index contributed by atoms with van der Waals surface area (Å²) in [7, 11) is 0. The van der Waals surface area contributed by atoms with Crippen LogP contribution >= 0.6 is 0 Å². The second kappa shape index (κ2) is 6.20. The van der Waals surface area contributed by atoms with Crippen molar-refractivity contribution in [3.8, 4) is 0 Å². The highest BCUT2D eigenvalue weighted by Gasteiger charge is 2.34. The lowest BCUT2D eigenvalue weighted by atomic mass is 10.1. The Morgan fingerprint density at radius 2 is 1.92 bits per heavy atom. The van der Waals surface area contributed by atoms with Gasteiger partial charge < -0.3 is 4.74 Å². The van der Waals surface area contributed by atoms with Gasteiger partial charge in [0, 0.05) is 0 Å². The molecule has 0 unspecified atom stereocenters. The van der Waals surface area contributed by atoms with E-state index in [1.165, 1.54) is 38.5 Å². The molecule has 0 aromatic heterocycles. The van der Waals surface area contributed by atoms with Gasteiger partial charge in [-0.1, -0.05) is 51.7 Å². The summed E-state index contributed by atoms with van der Waals surface area (Å²) in [6.07, 6.45) is 13.2. The molecule has 1 saturated heterocycles. The third-order valence-electron chi connectivity index (χ3n) is 2.51. The van der Waals surface area contributed by atoms with Gasteiger partial charge in [0.2, 0.25) is 0 Å². The third-order valence-corrected chi connectivity index (χ3v) is 2.51. The first-order valence-electron chi connectivity index (χ1n) is 5.70. The Morgan fingerprint density at radius 1 is 1.15 bits per heavy atom. The molecule has 0 aromatic carbocycles. The normalized spacial score (nSPS) is 26.9. The van der Waals surface area contributed by atoms with Gasteiger partial charge in [0.05, 0.1) is 6.10 Å². The minimum Gasteiger partial charge on any atom is -0.365 e. The molecule has 0 amide bonds. The van der Waals surface area contributed by atoms with Crippen LogP contribution in [0.4, 0.5) is 0 Å². The molecule has 2 atom stereocenters. The molecule has 1 heterocycles. The number of ether oxygens (including phenoxy) is 1. The Labute approximate surface area is 82.2 Å². The summed E-state index contributed by atoms with van der Waals surface area (Å²) in [5.41, 5.74) is 0. The van der Waals surface area contributed by atoms with Crippen molar-refractivity contribution in [2.24, 2.45) is 0 Å². The highest BCUT2D eigenvalue weighted by Crippen LogP contribution is 2.28. The van der Waals surface area contributed by atoms with Crippen molar-refractivity contribution in [3.63, 3.8) is 0 Å². The second-order valence-corrected chi connectivity index (χ2v) is 3.85. The topological polar surface area (TPSA) is 12.5 Å². The fraction of sp³-hybridized carbons (Fsp3) is 0.833. The minimum absolute atomic E-state index is 0.461. The average Bonchev–Trinajstić information content (AvgIpc) is 2.88. The highest BCUT2D eigenvalue weighted by molar-refractivity contribution is 5.02. The van der Waals surface area contributed by atoms with E-state index in [2.05, 4.69) is 26.0 Å². The fourth-order valence-corrected chi connectivity index (χ4v) is 1.52. The van der Waals surface area contributed by atoms with E-state index in [1.54, 1.807) is 0 Å². The van der Waals surface area contributed by atoms with Crippen LogP contribution in [0.1, 0.15) is 52.4 Å². The van der Waals surface area contributed by atoms with Crippen LogP contribution in [0.2, 0.25) is 0 Å². The Kier molecular flexibility index (Phi) is 5.14. The number of unbranched alkanes of at least 4 members (excludes halogenated alkanes) is 3. The number of hydrogen-bond donors (Lipinski definition) is 0. The molecule has 0 N–H and O–H groups in total. The Hall–Kier alpha value is -0.300. The maximum atomic E-state index is 5.51. The lowest BCUT2D eigenvalue weighted by Crippen LogP contribution is -1.89. The van der Waals surface area contributed by atoms with Crippen LogP contribution in [0.3, 0.4) is 0 Å². The first-order valence-corrected chi connectivity index (χ1v) is 5.70. The van der Waals surface area contributed by atoms with E-state index in [-0.39, 0.29) is 0 Å². The van der Waals surface area contributed by atoms with Gasteiger partial charge in [-0.3, -0.25) is 0 Å².